The molecule has 9 heteroatoms. The van der Waals surface area contributed by atoms with Gasteiger partial charge in [0.1, 0.15) is 0 Å². The summed E-state index contributed by atoms with van der Waals surface area (Å²) in [5, 5.41) is 2.37. The number of aromatic amines is 1. The molecule has 4 aromatic heterocycles. The molecule has 0 aliphatic carbocycles. The number of halogens is 2. The topological polar surface area (TPSA) is 76.5 Å². The van der Waals surface area contributed by atoms with Crippen LogP contribution in [0.4, 0.5) is 8.78 Å². The van der Waals surface area contributed by atoms with E-state index in [1.165, 1.54) is 17.4 Å². The van der Waals surface area contributed by atoms with Gasteiger partial charge in [0, 0.05) is 23.3 Å². The minimum absolute atomic E-state index is 0.149. The first-order valence-corrected chi connectivity index (χ1v) is 9.63. The van der Waals surface area contributed by atoms with Gasteiger partial charge in [0.05, 0.1) is 16.9 Å². The zero-order valence-electron chi connectivity index (χ0n) is 15.1. The Labute approximate surface area is 166 Å². The second kappa shape index (κ2) is 6.56. The van der Waals surface area contributed by atoms with E-state index in [2.05, 4.69) is 19.9 Å². The number of benzene rings is 1. The summed E-state index contributed by atoms with van der Waals surface area (Å²) in [6.45, 7) is 1.87. The van der Waals surface area contributed by atoms with Gasteiger partial charge < -0.3 is 9.55 Å². The second-order valence-corrected chi connectivity index (χ2v) is 7.49. The van der Waals surface area contributed by atoms with Crippen LogP contribution in [0.15, 0.2) is 46.8 Å². The van der Waals surface area contributed by atoms with E-state index in [0.717, 1.165) is 10.9 Å². The van der Waals surface area contributed by atoms with E-state index in [1.807, 2.05) is 22.1 Å². The lowest BCUT2D eigenvalue weighted by molar-refractivity contribution is 0.515. The number of nitrogens with zero attached hydrogens (tertiary/aromatic N) is 4. The molecule has 0 spiro atoms. The van der Waals surface area contributed by atoms with Crippen LogP contribution in [0, 0.1) is 18.6 Å². The highest BCUT2D eigenvalue weighted by molar-refractivity contribution is 7.13. The molecule has 0 bridgehead atoms. The summed E-state index contributed by atoms with van der Waals surface area (Å²) < 4.78 is 29.9. The average Bonchev–Trinajstić information content (AvgIpc) is 3.37. The number of pyridine rings is 1. The van der Waals surface area contributed by atoms with Crippen LogP contribution in [0.3, 0.4) is 0 Å². The monoisotopic (exact) mass is 409 g/mol. The number of fused-ring (bicyclic) bond motifs is 2. The Morgan fingerprint density at radius 2 is 2.00 bits per heavy atom. The van der Waals surface area contributed by atoms with Gasteiger partial charge in [-0.25, -0.2) is 23.7 Å². The molecule has 0 saturated heterocycles. The van der Waals surface area contributed by atoms with Crippen LogP contribution >= 0.6 is 11.3 Å². The predicted octanol–water partition coefficient (Wildman–Crippen LogP) is 4.03. The molecule has 29 heavy (non-hydrogen) atoms. The Hall–Kier alpha value is -3.46. The Balaban J connectivity index is 1.80. The van der Waals surface area contributed by atoms with E-state index in [-0.39, 0.29) is 12.1 Å². The summed E-state index contributed by atoms with van der Waals surface area (Å²) in [6.07, 6.45) is 3.13. The van der Waals surface area contributed by atoms with Gasteiger partial charge in [0.15, 0.2) is 28.8 Å². The highest BCUT2D eigenvalue weighted by Crippen LogP contribution is 2.30. The van der Waals surface area contributed by atoms with Gasteiger partial charge >= 0.3 is 0 Å². The summed E-state index contributed by atoms with van der Waals surface area (Å²) in [4.78, 5) is 29.0. The summed E-state index contributed by atoms with van der Waals surface area (Å²) in [6, 6.07) is 6.38. The smallest absolute Gasteiger partial charge is 0.251 e. The molecule has 0 atom stereocenters. The van der Waals surface area contributed by atoms with Crippen molar-refractivity contribution in [3.05, 3.63) is 75.2 Å². The first kappa shape index (κ1) is 17.6. The van der Waals surface area contributed by atoms with Crippen LogP contribution in [0.1, 0.15) is 11.1 Å². The standard InChI is InChI=1S/C20H13F2N5OS/c1-10-12(11-4-5-13(21)15(22)16(11)25-20(10)28)9-27-18(14-3-2-8-29-14)26-17-19(27)24-7-6-23-17/h2-8H,9H2,1H3,(H,25,28). The zero-order chi connectivity index (χ0) is 20.1. The summed E-state index contributed by atoms with van der Waals surface area (Å²) in [7, 11) is 0. The van der Waals surface area contributed by atoms with Gasteiger partial charge in [-0.1, -0.05) is 6.07 Å². The third-order valence-corrected chi connectivity index (χ3v) is 5.76. The molecule has 5 aromatic rings. The van der Waals surface area contributed by atoms with Crippen LogP contribution in [-0.2, 0) is 6.54 Å². The van der Waals surface area contributed by atoms with Crippen LogP contribution in [0.2, 0.25) is 0 Å². The molecule has 144 valence electrons. The molecule has 6 nitrogen and oxygen atoms in total. The normalized spacial score (nSPS) is 11.6. The predicted molar refractivity (Wildman–Crippen MR) is 107 cm³/mol. The van der Waals surface area contributed by atoms with Crippen molar-refractivity contribution >= 4 is 33.5 Å². The first-order valence-electron chi connectivity index (χ1n) is 8.75. The lowest BCUT2D eigenvalue weighted by Crippen LogP contribution is -2.16. The molecular weight excluding hydrogens is 396 g/mol. The molecule has 4 heterocycles. The highest BCUT2D eigenvalue weighted by Gasteiger charge is 2.20. The van der Waals surface area contributed by atoms with Gasteiger partial charge in [-0.15, -0.1) is 11.3 Å². The maximum absolute atomic E-state index is 14.3. The minimum atomic E-state index is -1.07. The van der Waals surface area contributed by atoms with Crippen LogP contribution in [0.25, 0.3) is 32.9 Å². The number of hydrogen-bond donors (Lipinski definition) is 1. The Morgan fingerprint density at radius 1 is 1.17 bits per heavy atom. The Kier molecular flexibility index (Phi) is 3.99. The number of H-pyrrole nitrogens is 1. The summed E-state index contributed by atoms with van der Waals surface area (Å²) >= 11 is 1.51. The quantitative estimate of drug-likeness (QED) is 0.488. The number of thiophene rings is 1. The van der Waals surface area contributed by atoms with Gasteiger partial charge in [-0.05, 0) is 36.1 Å². The number of aromatic nitrogens is 5. The van der Waals surface area contributed by atoms with Crippen molar-refractivity contribution in [2.24, 2.45) is 0 Å². The van der Waals surface area contributed by atoms with Gasteiger partial charge in [-0.2, -0.15) is 0 Å². The van der Waals surface area contributed by atoms with Crippen molar-refractivity contribution in [2.45, 2.75) is 13.5 Å². The third kappa shape index (κ3) is 2.73. The number of nitrogens with one attached hydrogen (secondary N) is 1. The van der Waals surface area contributed by atoms with Crippen molar-refractivity contribution in [3.8, 4) is 10.7 Å². The SMILES string of the molecule is Cc1c(Cn2c(-c3cccs3)nc3nccnc32)c2ccc(F)c(F)c2[nH]c1=O. The second-order valence-electron chi connectivity index (χ2n) is 6.54. The van der Waals surface area contributed by atoms with Crippen LogP contribution in [0.5, 0.6) is 0 Å². The molecule has 0 unspecified atom stereocenters. The van der Waals surface area contributed by atoms with Crippen molar-refractivity contribution < 1.29 is 8.78 Å². The fourth-order valence-electron chi connectivity index (χ4n) is 3.43. The summed E-state index contributed by atoms with van der Waals surface area (Å²) in [5.41, 5.74) is 1.40. The maximum atomic E-state index is 14.3. The number of rotatable bonds is 3. The number of hydrogen-bond acceptors (Lipinski definition) is 5. The molecule has 0 amide bonds. The van der Waals surface area contributed by atoms with Crippen LogP contribution < -0.4 is 5.56 Å². The molecule has 0 radical (unpaired) electrons. The highest BCUT2D eigenvalue weighted by atomic mass is 32.1. The molecule has 0 fully saturated rings. The Morgan fingerprint density at radius 3 is 2.79 bits per heavy atom. The van der Waals surface area contributed by atoms with E-state index in [0.29, 0.717) is 33.6 Å². The van der Waals surface area contributed by atoms with Gasteiger partial charge in [-0.3, -0.25) is 4.79 Å². The van der Waals surface area contributed by atoms with Gasteiger partial charge in [0.25, 0.3) is 5.56 Å². The molecule has 0 aliphatic rings. The molecule has 0 saturated carbocycles. The van der Waals surface area contributed by atoms with E-state index in [9.17, 15) is 13.6 Å². The lowest BCUT2D eigenvalue weighted by atomic mass is 10.0. The molecule has 0 aliphatic heterocycles. The molecule has 1 aromatic carbocycles. The van der Waals surface area contributed by atoms with Crippen molar-refractivity contribution in [1.29, 1.82) is 0 Å². The average molecular weight is 409 g/mol. The van der Waals surface area contributed by atoms with Crippen molar-refractivity contribution in [3.63, 3.8) is 0 Å². The van der Waals surface area contributed by atoms with Gasteiger partial charge in [0.2, 0.25) is 0 Å². The minimum Gasteiger partial charge on any atom is -0.319 e. The first-order chi connectivity index (χ1) is 14.0. The fourth-order valence-corrected chi connectivity index (χ4v) is 4.15. The zero-order valence-corrected chi connectivity index (χ0v) is 15.9. The largest absolute Gasteiger partial charge is 0.319 e. The van der Waals surface area contributed by atoms with E-state index in [4.69, 9.17) is 0 Å². The van der Waals surface area contributed by atoms with E-state index in [1.54, 1.807) is 19.3 Å². The van der Waals surface area contributed by atoms with E-state index >= 15 is 0 Å². The third-order valence-electron chi connectivity index (χ3n) is 4.89. The van der Waals surface area contributed by atoms with Crippen molar-refractivity contribution in [2.75, 3.05) is 0 Å². The number of imidazole rings is 1. The molecule has 5 rings (SSSR count). The van der Waals surface area contributed by atoms with E-state index < -0.39 is 17.2 Å². The summed E-state index contributed by atoms with van der Waals surface area (Å²) in [5.74, 6) is -1.44. The fraction of sp³-hybridized carbons (Fsp3) is 0.100. The van der Waals surface area contributed by atoms with Crippen molar-refractivity contribution in [1.82, 2.24) is 24.5 Å². The Bertz CT molecular complexity index is 1440. The molecular formula is C20H13F2N5OS. The van der Waals surface area contributed by atoms with Crippen LogP contribution in [-0.4, -0.2) is 24.5 Å². The lowest BCUT2D eigenvalue weighted by Gasteiger charge is -2.13. The molecule has 1 N–H and O–H groups in total. The maximum Gasteiger partial charge on any atom is 0.251 e.